The van der Waals surface area contributed by atoms with Crippen LogP contribution in [0.4, 0.5) is 0 Å². The standard InChI is InChI=1S/C16H22BrN3S/c1-15(2,3)13-18-19-14(20(13)10-6-7-10)16(4,5)11-8-9-12(17)21-11/h8-10H,6-7H2,1-5H3. The molecular formula is C16H22BrN3S. The van der Waals surface area contributed by atoms with Crippen LogP contribution in [0.15, 0.2) is 15.9 Å². The number of halogens is 1. The molecule has 0 aliphatic heterocycles. The molecule has 0 saturated heterocycles. The van der Waals surface area contributed by atoms with E-state index in [-0.39, 0.29) is 10.8 Å². The summed E-state index contributed by atoms with van der Waals surface area (Å²) in [5, 5.41) is 9.16. The maximum absolute atomic E-state index is 4.61. The Balaban J connectivity index is 2.12. The number of thiophene rings is 1. The first-order chi connectivity index (χ1) is 9.71. The molecule has 1 saturated carbocycles. The molecule has 1 aliphatic carbocycles. The predicted molar refractivity (Wildman–Crippen MR) is 91.1 cm³/mol. The molecule has 0 amide bonds. The minimum atomic E-state index is -0.115. The van der Waals surface area contributed by atoms with Gasteiger partial charge in [0.2, 0.25) is 0 Å². The number of hydrogen-bond donors (Lipinski definition) is 0. The maximum atomic E-state index is 4.61. The molecule has 0 bridgehead atoms. The van der Waals surface area contributed by atoms with Crippen LogP contribution in [0.2, 0.25) is 0 Å². The Bertz CT molecular complexity index is 659. The van der Waals surface area contributed by atoms with Crippen molar-refractivity contribution >= 4 is 27.3 Å². The monoisotopic (exact) mass is 367 g/mol. The van der Waals surface area contributed by atoms with Gasteiger partial charge in [0.15, 0.2) is 0 Å². The topological polar surface area (TPSA) is 30.7 Å². The van der Waals surface area contributed by atoms with Gasteiger partial charge < -0.3 is 4.57 Å². The molecule has 0 atom stereocenters. The molecule has 0 aromatic carbocycles. The Hall–Kier alpha value is -0.680. The fraction of sp³-hybridized carbons (Fsp3) is 0.625. The molecule has 1 fully saturated rings. The first kappa shape index (κ1) is 15.2. The first-order valence-corrected chi connectivity index (χ1v) is 9.04. The van der Waals surface area contributed by atoms with Gasteiger partial charge in [-0.2, -0.15) is 0 Å². The summed E-state index contributed by atoms with van der Waals surface area (Å²) in [4.78, 5) is 1.32. The highest BCUT2D eigenvalue weighted by Crippen LogP contribution is 2.44. The van der Waals surface area contributed by atoms with E-state index in [4.69, 9.17) is 0 Å². The number of rotatable bonds is 3. The van der Waals surface area contributed by atoms with Crippen LogP contribution >= 0.6 is 27.3 Å². The Labute approximate surface area is 138 Å². The van der Waals surface area contributed by atoms with Crippen molar-refractivity contribution in [3.8, 4) is 0 Å². The molecule has 3 rings (SSSR count). The second-order valence-corrected chi connectivity index (χ2v) is 9.89. The van der Waals surface area contributed by atoms with Gasteiger partial charge in [-0.25, -0.2) is 0 Å². The van der Waals surface area contributed by atoms with Gasteiger partial charge in [0.25, 0.3) is 0 Å². The minimum absolute atomic E-state index is 0.0277. The van der Waals surface area contributed by atoms with E-state index >= 15 is 0 Å². The van der Waals surface area contributed by atoms with E-state index < -0.39 is 0 Å². The summed E-state index contributed by atoms with van der Waals surface area (Å²) < 4.78 is 3.58. The number of nitrogens with zero attached hydrogens (tertiary/aromatic N) is 3. The third-order valence-electron chi connectivity index (χ3n) is 4.03. The summed E-state index contributed by atoms with van der Waals surface area (Å²) in [5.41, 5.74) is -0.0876. The molecule has 5 heteroatoms. The van der Waals surface area contributed by atoms with Crippen LogP contribution in [0.3, 0.4) is 0 Å². The summed E-state index contributed by atoms with van der Waals surface area (Å²) in [5.74, 6) is 2.22. The lowest BCUT2D eigenvalue weighted by molar-refractivity contribution is 0.474. The molecule has 3 nitrogen and oxygen atoms in total. The van der Waals surface area contributed by atoms with E-state index in [0.717, 1.165) is 11.6 Å². The van der Waals surface area contributed by atoms with Crippen molar-refractivity contribution in [2.24, 2.45) is 0 Å². The zero-order chi connectivity index (χ0) is 15.4. The number of hydrogen-bond acceptors (Lipinski definition) is 3. The van der Waals surface area contributed by atoms with Crippen molar-refractivity contribution in [2.45, 2.75) is 64.3 Å². The second kappa shape index (κ2) is 4.92. The van der Waals surface area contributed by atoms with Gasteiger partial charge in [-0.1, -0.05) is 20.8 Å². The Morgan fingerprint density at radius 2 is 1.71 bits per heavy atom. The second-order valence-electron chi connectivity index (χ2n) is 7.43. The molecule has 2 aromatic heterocycles. The van der Waals surface area contributed by atoms with E-state index in [2.05, 4.69) is 77.4 Å². The molecule has 114 valence electrons. The normalized spacial score (nSPS) is 16.5. The van der Waals surface area contributed by atoms with Gasteiger partial charge in [-0.15, -0.1) is 21.5 Å². The van der Waals surface area contributed by atoms with Crippen LogP contribution in [0, 0.1) is 0 Å². The number of aromatic nitrogens is 3. The molecule has 0 spiro atoms. The molecule has 1 aliphatic rings. The summed E-state index contributed by atoms with van der Waals surface area (Å²) >= 11 is 5.35. The SMILES string of the molecule is CC(C)(C)c1nnc(C(C)(C)c2ccc(Br)s2)n1C1CC1. The molecular weight excluding hydrogens is 346 g/mol. The van der Waals surface area contributed by atoms with Crippen LogP contribution in [0.1, 0.15) is 70.0 Å². The zero-order valence-corrected chi connectivity index (χ0v) is 15.7. The van der Waals surface area contributed by atoms with Gasteiger partial charge in [-0.3, -0.25) is 0 Å². The molecule has 2 aromatic rings. The summed E-state index contributed by atoms with van der Waals surface area (Å²) in [6, 6.07) is 4.90. The first-order valence-electron chi connectivity index (χ1n) is 7.43. The Kier molecular flexibility index (Phi) is 3.56. The Morgan fingerprint density at radius 1 is 1.10 bits per heavy atom. The van der Waals surface area contributed by atoms with Gasteiger partial charge >= 0.3 is 0 Å². The van der Waals surface area contributed by atoms with Crippen molar-refractivity contribution in [1.82, 2.24) is 14.8 Å². The quantitative estimate of drug-likeness (QED) is 0.758. The van der Waals surface area contributed by atoms with Crippen molar-refractivity contribution in [1.29, 1.82) is 0 Å². The van der Waals surface area contributed by atoms with Crippen LogP contribution < -0.4 is 0 Å². The fourth-order valence-electron chi connectivity index (χ4n) is 2.67. The van der Waals surface area contributed by atoms with Crippen molar-refractivity contribution in [3.05, 3.63) is 32.4 Å². The predicted octanol–water partition coefficient (Wildman–Crippen LogP) is 5.06. The lowest BCUT2D eigenvalue weighted by Gasteiger charge is -2.26. The highest BCUT2D eigenvalue weighted by Gasteiger charge is 2.39. The summed E-state index contributed by atoms with van der Waals surface area (Å²) in [7, 11) is 0. The van der Waals surface area contributed by atoms with E-state index in [9.17, 15) is 0 Å². The van der Waals surface area contributed by atoms with E-state index in [0.29, 0.717) is 6.04 Å². The Morgan fingerprint density at radius 3 is 2.19 bits per heavy atom. The average molecular weight is 368 g/mol. The van der Waals surface area contributed by atoms with Crippen molar-refractivity contribution in [3.63, 3.8) is 0 Å². The minimum Gasteiger partial charge on any atom is -0.311 e. The van der Waals surface area contributed by atoms with Gasteiger partial charge in [0, 0.05) is 16.3 Å². The smallest absolute Gasteiger partial charge is 0.144 e. The molecule has 0 N–H and O–H groups in total. The molecule has 0 radical (unpaired) electrons. The van der Waals surface area contributed by atoms with Gasteiger partial charge in [0.1, 0.15) is 11.6 Å². The van der Waals surface area contributed by atoms with Crippen molar-refractivity contribution < 1.29 is 0 Å². The van der Waals surface area contributed by atoms with Crippen LogP contribution in [0.5, 0.6) is 0 Å². The van der Waals surface area contributed by atoms with Crippen LogP contribution in [-0.4, -0.2) is 14.8 Å². The lowest BCUT2D eigenvalue weighted by atomic mass is 9.89. The highest BCUT2D eigenvalue weighted by molar-refractivity contribution is 9.11. The van der Waals surface area contributed by atoms with E-state index in [1.54, 1.807) is 11.3 Å². The van der Waals surface area contributed by atoms with Crippen LogP contribution in [-0.2, 0) is 10.8 Å². The third kappa shape index (κ3) is 2.70. The summed E-state index contributed by atoms with van der Waals surface area (Å²) in [6.45, 7) is 11.2. The van der Waals surface area contributed by atoms with E-state index in [1.165, 1.54) is 21.5 Å². The zero-order valence-electron chi connectivity index (χ0n) is 13.3. The third-order valence-corrected chi connectivity index (χ3v) is 5.97. The van der Waals surface area contributed by atoms with Crippen LogP contribution in [0.25, 0.3) is 0 Å². The lowest BCUT2D eigenvalue weighted by Crippen LogP contribution is -2.26. The fourth-order valence-corrected chi connectivity index (χ4v) is 4.15. The highest BCUT2D eigenvalue weighted by atomic mass is 79.9. The maximum Gasteiger partial charge on any atom is 0.144 e. The van der Waals surface area contributed by atoms with E-state index in [1.807, 2.05) is 0 Å². The van der Waals surface area contributed by atoms with Gasteiger partial charge in [0.05, 0.1) is 9.20 Å². The molecule has 0 unspecified atom stereocenters. The largest absolute Gasteiger partial charge is 0.311 e. The molecule has 2 heterocycles. The average Bonchev–Trinajstić information content (AvgIpc) is 2.93. The summed E-state index contributed by atoms with van der Waals surface area (Å²) in [6.07, 6.45) is 2.50. The van der Waals surface area contributed by atoms with Crippen molar-refractivity contribution in [2.75, 3.05) is 0 Å². The van der Waals surface area contributed by atoms with Gasteiger partial charge in [-0.05, 0) is 54.8 Å². The molecule has 21 heavy (non-hydrogen) atoms.